The Labute approximate surface area is 227 Å². The fourth-order valence-corrected chi connectivity index (χ4v) is 6.87. The Morgan fingerprint density at radius 3 is 2.38 bits per heavy atom. The normalized spacial score (nSPS) is 19.6. The van der Waals surface area contributed by atoms with Gasteiger partial charge in [-0.3, -0.25) is 4.79 Å². The number of ether oxygens (including phenoxy) is 1. The fourth-order valence-electron chi connectivity index (χ4n) is 4.75. The predicted molar refractivity (Wildman–Crippen MR) is 141 cm³/mol. The van der Waals surface area contributed by atoms with Crippen LogP contribution >= 0.6 is 0 Å². The van der Waals surface area contributed by atoms with E-state index in [9.17, 15) is 30.4 Å². The largest absolute Gasteiger partial charge is 0.378 e. The maximum absolute atomic E-state index is 13.9. The van der Waals surface area contributed by atoms with Crippen LogP contribution in [0.3, 0.4) is 0 Å². The summed E-state index contributed by atoms with van der Waals surface area (Å²) in [5, 5.41) is 0.807. The first-order chi connectivity index (χ1) is 18.5. The van der Waals surface area contributed by atoms with Crippen LogP contribution in [0.15, 0.2) is 59.3 Å². The second kappa shape index (κ2) is 12.2. The lowest BCUT2D eigenvalue weighted by Crippen LogP contribution is -2.43. The molecule has 2 heterocycles. The number of sulfonamides is 2. The van der Waals surface area contributed by atoms with Crippen LogP contribution in [0.4, 0.5) is 8.78 Å². The molecule has 2 saturated heterocycles. The summed E-state index contributed by atoms with van der Waals surface area (Å²) in [7, 11) is -7.45. The van der Waals surface area contributed by atoms with E-state index in [-0.39, 0.29) is 42.8 Å². The molecule has 0 spiro atoms. The van der Waals surface area contributed by atoms with E-state index in [1.807, 2.05) is 0 Å². The summed E-state index contributed by atoms with van der Waals surface area (Å²) in [6.07, 6.45) is 0.606. The SMILES string of the molecule is C=CS(=O)(=O)NC[C@H]1CCN(S(=O)(=O)c2ccc(C(Cc3ccc(F)c(F)c3)C(=O)N3CCOCC3)cc2)C1. The molecule has 13 heteroatoms. The number of carbonyl (C=O) groups excluding carboxylic acids is 1. The highest BCUT2D eigenvalue weighted by Crippen LogP contribution is 2.29. The molecule has 1 unspecified atom stereocenters. The van der Waals surface area contributed by atoms with Crippen molar-refractivity contribution in [3.8, 4) is 0 Å². The zero-order valence-electron chi connectivity index (χ0n) is 21.3. The third-order valence-corrected chi connectivity index (χ3v) is 9.89. The van der Waals surface area contributed by atoms with Gasteiger partial charge in [0.1, 0.15) is 0 Å². The van der Waals surface area contributed by atoms with Crippen molar-refractivity contribution in [3.05, 3.63) is 77.2 Å². The Kier molecular flexibility index (Phi) is 9.17. The van der Waals surface area contributed by atoms with Gasteiger partial charge in [0, 0.05) is 38.1 Å². The zero-order valence-corrected chi connectivity index (χ0v) is 22.9. The molecule has 0 saturated carbocycles. The van der Waals surface area contributed by atoms with Gasteiger partial charge in [-0.2, -0.15) is 4.31 Å². The van der Waals surface area contributed by atoms with Crippen LogP contribution in [0, 0.1) is 17.6 Å². The van der Waals surface area contributed by atoms with Crippen molar-refractivity contribution >= 4 is 26.0 Å². The molecule has 4 rings (SSSR count). The Hall–Kier alpha value is -2.71. The summed E-state index contributed by atoms with van der Waals surface area (Å²) >= 11 is 0. The molecule has 2 aromatic carbocycles. The molecule has 212 valence electrons. The summed E-state index contributed by atoms with van der Waals surface area (Å²) in [5.41, 5.74) is 0.987. The molecule has 0 radical (unpaired) electrons. The van der Waals surface area contributed by atoms with Crippen LogP contribution in [0.25, 0.3) is 0 Å². The molecule has 0 aliphatic carbocycles. The number of benzene rings is 2. The lowest BCUT2D eigenvalue weighted by molar-refractivity contribution is -0.136. The van der Waals surface area contributed by atoms with Crippen molar-refractivity contribution in [2.45, 2.75) is 23.7 Å². The Bertz CT molecular complexity index is 1410. The highest BCUT2D eigenvalue weighted by molar-refractivity contribution is 7.92. The molecule has 9 nitrogen and oxygen atoms in total. The van der Waals surface area contributed by atoms with Crippen LogP contribution in [0.2, 0.25) is 0 Å². The molecular weight excluding hydrogens is 552 g/mol. The smallest absolute Gasteiger partial charge is 0.243 e. The molecule has 39 heavy (non-hydrogen) atoms. The molecular formula is C26H31F2N3O6S2. The van der Waals surface area contributed by atoms with E-state index in [2.05, 4.69) is 11.3 Å². The maximum atomic E-state index is 13.9. The number of rotatable bonds is 10. The Balaban J connectivity index is 1.52. The van der Waals surface area contributed by atoms with Crippen LogP contribution in [-0.2, 0) is 36.0 Å². The van der Waals surface area contributed by atoms with Crippen molar-refractivity contribution in [2.75, 3.05) is 45.9 Å². The Morgan fingerprint density at radius 1 is 1.05 bits per heavy atom. The lowest BCUT2D eigenvalue weighted by Gasteiger charge is -2.31. The van der Waals surface area contributed by atoms with E-state index in [1.165, 1.54) is 22.5 Å². The topological polar surface area (TPSA) is 113 Å². The van der Waals surface area contributed by atoms with Crippen molar-refractivity contribution in [3.63, 3.8) is 0 Å². The van der Waals surface area contributed by atoms with Crippen molar-refractivity contribution in [2.24, 2.45) is 5.92 Å². The fraction of sp³-hybridized carbons (Fsp3) is 0.423. The van der Waals surface area contributed by atoms with Gasteiger partial charge in [0.05, 0.1) is 24.0 Å². The van der Waals surface area contributed by atoms with Gasteiger partial charge in [-0.05, 0) is 54.2 Å². The third-order valence-electron chi connectivity index (χ3n) is 7.01. The van der Waals surface area contributed by atoms with E-state index < -0.39 is 37.6 Å². The van der Waals surface area contributed by atoms with Gasteiger partial charge in [-0.1, -0.05) is 24.8 Å². The van der Waals surface area contributed by atoms with Gasteiger partial charge < -0.3 is 9.64 Å². The van der Waals surface area contributed by atoms with Crippen LogP contribution in [0.5, 0.6) is 0 Å². The minimum absolute atomic E-state index is 0.0453. The molecule has 2 atom stereocenters. The molecule has 0 aromatic heterocycles. The minimum atomic E-state index is -3.85. The highest BCUT2D eigenvalue weighted by atomic mass is 32.2. The molecule has 1 N–H and O–H groups in total. The zero-order chi connectivity index (χ0) is 28.2. The number of nitrogens with one attached hydrogen (secondary N) is 1. The number of hydrogen-bond acceptors (Lipinski definition) is 6. The molecule has 2 aliphatic rings. The number of carbonyl (C=O) groups is 1. The van der Waals surface area contributed by atoms with Crippen LogP contribution < -0.4 is 4.72 Å². The summed E-state index contributed by atoms with van der Waals surface area (Å²) in [6, 6.07) is 9.51. The van der Waals surface area contributed by atoms with E-state index in [0.29, 0.717) is 43.9 Å². The van der Waals surface area contributed by atoms with E-state index in [0.717, 1.165) is 17.5 Å². The molecule has 0 bridgehead atoms. The summed E-state index contributed by atoms with van der Waals surface area (Å²) in [6.45, 7) is 5.35. The average Bonchev–Trinajstić information content (AvgIpc) is 3.43. The summed E-state index contributed by atoms with van der Waals surface area (Å²) in [5.74, 6) is -3.11. The minimum Gasteiger partial charge on any atom is -0.378 e. The van der Waals surface area contributed by atoms with Crippen LogP contribution in [-0.4, -0.2) is 77.9 Å². The first kappa shape index (κ1) is 29.3. The maximum Gasteiger partial charge on any atom is 0.243 e. The molecule has 1 amide bonds. The lowest BCUT2D eigenvalue weighted by atomic mass is 9.90. The summed E-state index contributed by atoms with van der Waals surface area (Å²) in [4.78, 5) is 15.2. The average molecular weight is 584 g/mol. The van der Waals surface area contributed by atoms with Gasteiger partial charge in [0.25, 0.3) is 0 Å². The highest BCUT2D eigenvalue weighted by Gasteiger charge is 2.34. The number of hydrogen-bond donors (Lipinski definition) is 1. The third kappa shape index (κ3) is 7.09. The molecule has 2 aromatic rings. The second-order valence-electron chi connectivity index (χ2n) is 9.59. The summed E-state index contributed by atoms with van der Waals surface area (Å²) < 4.78 is 86.1. The standard InChI is InChI=1S/C26H31F2N3O6S2/c1-2-38(33,34)29-17-20-9-10-31(18-20)39(35,36)22-6-4-21(5-7-22)23(26(32)30-11-13-37-14-12-30)15-19-3-8-24(27)25(28)16-19/h2-8,16,20,23,29H,1,9-15,17-18H2/t20-,23?/m1/s1. The van der Waals surface area contributed by atoms with Gasteiger partial charge in [0.2, 0.25) is 26.0 Å². The van der Waals surface area contributed by atoms with Crippen molar-refractivity contribution in [1.82, 2.24) is 13.9 Å². The monoisotopic (exact) mass is 583 g/mol. The molecule has 2 aliphatic heterocycles. The Morgan fingerprint density at radius 2 is 1.74 bits per heavy atom. The van der Waals surface area contributed by atoms with Gasteiger partial charge in [-0.15, -0.1) is 0 Å². The van der Waals surface area contributed by atoms with Gasteiger partial charge >= 0.3 is 0 Å². The quantitative estimate of drug-likeness (QED) is 0.459. The number of nitrogens with zero attached hydrogens (tertiary/aromatic N) is 2. The van der Waals surface area contributed by atoms with Crippen LogP contribution in [0.1, 0.15) is 23.5 Å². The number of morpholine rings is 1. The van der Waals surface area contributed by atoms with Crippen molar-refractivity contribution < 1.29 is 35.1 Å². The van der Waals surface area contributed by atoms with E-state index >= 15 is 0 Å². The first-order valence-corrected chi connectivity index (χ1v) is 15.5. The van der Waals surface area contributed by atoms with Gasteiger partial charge in [-0.25, -0.2) is 30.3 Å². The number of amides is 1. The first-order valence-electron chi connectivity index (χ1n) is 12.5. The molecule has 2 fully saturated rings. The second-order valence-corrected chi connectivity index (χ2v) is 13.2. The van der Waals surface area contributed by atoms with Gasteiger partial charge in [0.15, 0.2) is 11.6 Å². The van der Waals surface area contributed by atoms with E-state index in [4.69, 9.17) is 4.74 Å². The van der Waals surface area contributed by atoms with Crippen molar-refractivity contribution in [1.29, 1.82) is 0 Å². The predicted octanol–water partition coefficient (Wildman–Crippen LogP) is 2.22. The number of halogens is 2. The van der Waals surface area contributed by atoms with E-state index in [1.54, 1.807) is 17.0 Å².